The molecule has 0 saturated carbocycles. The first kappa shape index (κ1) is 10.5. The average Bonchev–Trinajstić information content (AvgIpc) is 2.65. The van der Waals surface area contributed by atoms with Gasteiger partial charge in [0.05, 0.1) is 18.7 Å². The molecule has 0 saturated heterocycles. The van der Waals surface area contributed by atoms with Crippen LogP contribution in [0.5, 0.6) is 0 Å². The van der Waals surface area contributed by atoms with Crippen LogP contribution in [0.4, 0.5) is 0 Å². The Bertz CT molecular complexity index is 318. The zero-order valence-corrected chi connectivity index (χ0v) is 7.69. The van der Waals surface area contributed by atoms with Crippen LogP contribution in [0, 0.1) is 0 Å². The minimum Gasteiger partial charge on any atom is -0.481 e. The van der Waals surface area contributed by atoms with Gasteiger partial charge in [0.15, 0.2) is 5.76 Å². The van der Waals surface area contributed by atoms with E-state index in [4.69, 9.17) is 9.52 Å². The van der Waals surface area contributed by atoms with Crippen molar-refractivity contribution in [3.05, 3.63) is 24.2 Å². The van der Waals surface area contributed by atoms with E-state index in [0.717, 1.165) is 0 Å². The standard InChI is InChI=1S/C9H11NO4/c1-10-6(5-8(11)12)9(13)7-3-2-4-14-7/h2-4,6,10H,5H2,1H3,(H,11,12). The SMILES string of the molecule is CNC(CC(=O)O)C(=O)c1ccco1. The molecule has 0 aliphatic heterocycles. The van der Waals surface area contributed by atoms with Gasteiger partial charge in [-0.05, 0) is 19.2 Å². The van der Waals surface area contributed by atoms with Gasteiger partial charge in [-0.2, -0.15) is 0 Å². The molecule has 0 radical (unpaired) electrons. The van der Waals surface area contributed by atoms with E-state index >= 15 is 0 Å². The van der Waals surface area contributed by atoms with E-state index in [9.17, 15) is 9.59 Å². The molecule has 1 aromatic rings. The highest BCUT2D eigenvalue weighted by atomic mass is 16.4. The lowest BCUT2D eigenvalue weighted by atomic mass is 10.1. The van der Waals surface area contributed by atoms with Crippen molar-refractivity contribution >= 4 is 11.8 Å². The van der Waals surface area contributed by atoms with Crippen LogP contribution in [-0.2, 0) is 4.79 Å². The molecule has 0 aliphatic carbocycles. The van der Waals surface area contributed by atoms with Gasteiger partial charge in [-0.1, -0.05) is 0 Å². The molecule has 1 rings (SSSR count). The van der Waals surface area contributed by atoms with E-state index in [0.29, 0.717) is 0 Å². The predicted molar refractivity (Wildman–Crippen MR) is 48.1 cm³/mol. The number of rotatable bonds is 5. The predicted octanol–water partition coefficient (Wildman–Crippen LogP) is 0.525. The molecule has 0 aromatic carbocycles. The minimum absolute atomic E-state index is 0.172. The fraction of sp³-hybridized carbons (Fsp3) is 0.333. The van der Waals surface area contributed by atoms with Crippen molar-refractivity contribution in [2.75, 3.05) is 7.05 Å². The van der Waals surface area contributed by atoms with Crippen LogP contribution >= 0.6 is 0 Å². The number of carbonyl (C=O) groups excluding carboxylic acids is 1. The molecule has 0 fully saturated rings. The summed E-state index contributed by atoms with van der Waals surface area (Å²) in [6, 6.07) is 2.36. The maximum absolute atomic E-state index is 11.6. The molecule has 1 unspecified atom stereocenters. The Balaban J connectivity index is 2.70. The quantitative estimate of drug-likeness (QED) is 0.673. The number of likely N-dealkylation sites (N-methyl/N-ethyl adjacent to an activating group) is 1. The molecule has 1 atom stereocenters. The van der Waals surface area contributed by atoms with Gasteiger partial charge >= 0.3 is 5.97 Å². The third kappa shape index (κ3) is 2.43. The highest BCUT2D eigenvalue weighted by molar-refractivity contribution is 5.99. The molecule has 1 aromatic heterocycles. The Morgan fingerprint density at radius 3 is 2.79 bits per heavy atom. The van der Waals surface area contributed by atoms with Crippen LogP contribution < -0.4 is 5.32 Å². The fourth-order valence-electron chi connectivity index (χ4n) is 1.09. The van der Waals surface area contributed by atoms with Gasteiger partial charge in [-0.3, -0.25) is 9.59 Å². The zero-order valence-electron chi connectivity index (χ0n) is 7.69. The van der Waals surface area contributed by atoms with Gasteiger partial charge < -0.3 is 14.8 Å². The smallest absolute Gasteiger partial charge is 0.305 e. The number of ketones is 1. The van der Waals surface area contributed by atoms with E-state index < -0.39 is 12.0 Å². The number of hydrogen-bond acceptors (Lipinski definition) is 4. The Morgan fingerprint density at radius 1 is 1.64 bits per heavy atom. The van der Waals surface area contributed by atoms with Crippen molar-refractivity contribution in [2.24, 2.45) is 0 Å². The van der Waals surface area contributed by atoms with E-state index in [2.05, 4.69) is 5.32 Å². The Labute approximate surface area is 80.7 Å². The van der Waals surface area contributed by atoms with E-state index in [1.54, 1.807) is 6.07 Å². The molecular weight excluding hydrogens is 186 g/mol. The van der Waals surface area contributed by atoms with E-state index in [1.165, 1.54) is 19.4 Å². The van der Waals surface area contributed by atoms with Gasteiger partial charge in [0.25, 0.3) is 0 Å². The molecule has 1 heterocycles. The van der Waals surface area contributed by atoms with Gasteiger partial charge in [0, 0.05) is 0 Å². The lowest BCUT2D eigenvalue weighted by Gasteiger charge is -2.09. The molecule has 0 bridgehead atoms. The molecule has 0 aliphatic rings. The summed E-state index contributed by atoms with van der Waals surface area (Å²) >= 11 is 0. The van der Waals surface area contributed by atoms with Gasteiger partial charge in [0.2, 0.25) is 5.78 Å². The Hall–Kier alpha value is -1.62. The number of aliphatic carboxylic acids is 1. The molecular formula is C9H11NO4. The van der Waals surface area contributed by atoms with Crippen LogP contribution in [0.1, 0.15) is 17.0 Å². The second-order valence-electron chi connectivity index (χ2n) is 2.78. The summed E-state index contributed by atoms with van der Waals surface area (Å²) in [5.41, 5.74) is 0. The topological polar surface area (TPSA) is 79.5 Å². The second-order valence-corrected chi connectivity index (χ2v) is 2.78. The number of carboxylic acid groups (broad SMARTS) is 1. The maximum atomic E-state index is 11.6. The summed E-state index contributed by atoms with van der Waals surface area (Å²) < 4.78 is 4.88. The molecule has 5 heteroatoms. The average molecular weight is 197 g/mol. The summed E-state index contributed by atoms with van der Waals surface area (Å²) in [4.78, 5) is 22.0. The van der Waals surface area contributed by atoms with Crippen LogP contribution in [0.15, 0.2) is 22.8 Å². The Morgan fingerprint density at radius 2 is 2.36 bits per heavy atom. The van der Waals surface area contributed by atoms with Crippen LogP contribution in [0.2, 0.25) is 0 Å². The summed E-state index contributed by atoms with van der Waals surface area (Å²) in [5.74, 6) is -1.20. The van der Waals surface area contributed by atoms with Crippen molar-refractivity contribution in [3.63, 3.8) is 0 Å². The molecule has 0 spiro atoms. The normalized spacial score (nSPS) is 12.4. The highest BCUT2D eigenvalue weighted by Gasteiger charge is 2.22. The minimum atomic E-state index is -1.02. The molecule has 2 N–H and O–H groups in total. The van der Waals surface area contributed by atoms with Crippen molar-refractivity contribution in [2.45, 2.75) is 12.5 Å². The summed E-state index contributed by atoms with van der Waals surface area (Å²) in [7, 11) is 1.54. The van der Waals surface area contributed by atoms with Crippen LogP contribution in [0.3, 0.4) is 0 Å². The highest BCUT2D eigenvalue weighted by Crippen LogP contribution is 2.06. The van der Waals surface area contributed by atoms with Gasteiger partial charge in [-0.25, -0.2) is 0 Å². The Kier molecular flexibility index (Phi) is 3.41. The number of carbonyl (C=O) groups is 2. The van der Waals surface area contributed by atoms with Gasteiger partial charge in [0.1, 0.15) is 0 Å². The number of nitrogens with one attached hydrogen (secondary N) is 1. The van der Waals surface area contributed by atoms with Crippen LogP contribution in [0.25, 0.3) is 0 Å². The van der Waals surface area contributed by atoms with Crippen molar-refractivity contribution in [3.8, 4) is 0 Å². The first-order chi connectivity index (χ1) is 6.65. The summed E-state index contributed by atoms with van der Waals surface area (Å²) in [6.45, 7) is 0. The number of Topliss-reactive ketones (excluding diaryl/α,β-unsaturated/α-hetero) is 1. The fourth-order valence-corrected chi connectivity index (χ4v) is 1.09. The monoisotopic (exact) mass is 197 g/mol. The van der Waals surface area contributed by atoms with Crippen molar-refractivity contribution in [1.29, 1.82) is 0 Å². The first-order valence-electron chi connectivity index (χ1n) is 4.12. The van der Waals surface area contributed by atoms with E-state index in [-0.39, 0.29) is 18.0 Å². The largest absolute Gasteiger partial charge is 0.481 e. The third-order valence-electron chi connectivity index (χ3n) is 1.81. The summed E-state index contributed by atoms with van der Waals surface area (Å²) in [5, 5.41) is 11.2. The molecule has 5 nitrogen and oxygen atoms in total. The number of furan rings is 1. The molecule has 14 heavy (non-hydrogen) atoms. The second kappa shape index (κ2) is 4.57. The first-order valence-corrected chi connectivity index (χ1v) is 4.12. The third-order valence-corrected chi connectivity index (χ3v) is 1.81. The van der Waals surface area contributed by atoms with Crippen molar-refractivity contribution < 1.29 is 19.1 Å². The zero-order chi connectivity index (χ0) is 10.6. The van der Waals surface area contributed by atoms with Gasteiger partial charge in [-0.15, -0.1) is 0 Å². The van der Waals surface area contributed by atoms with Crippen LogP contribution in [-0.4, -0.2) is 29.9 Å². The van der Waals surface area contributed by atoms with Crippen molar-refractivity contribution in [1.82, 2.24) is 5.32 Å². The summed E-state index contributed by atoms with van der Waals surface area (Å²) in [6.07, 6.45) is 1.12. The van der Waals surface area contributed by atoms with E-state index in [1.807, 2.05) is 0 Å². The maximum Gasteiger partial charge on any atom is 0.305 e. The molecule has 76 valence electrons. The lowest BCUT2D eigenvalue weighted by molar-refractivity contribution is -0.137. The molecule has 0 amide bonds. The number of hydrogen-bond donors (Lipinski definition) is 2. The lowest BCUT2D eigenvalue weighted by Crippen LogP contribution is -2.35. The number of carboxylic acids is 1.